The molecule has 1 aliphatic rings. The fraction of sp³-hybridized carbons (Fsp3) is 0.733. The van der Waals surface area contributed by atoms with Gasteiger partial charge in [0, 0.05) is 32.1 Å². The Kier molecular flexibility index (Phi) is 6.14. The van der Waals surface area contributed by atoms with E-state index in [-0.39, 0.29) is 18.6 Å². The van der Waals surface area contributed by atoms with Gasteiger partial charge in [-0.25, -0.2) is 4.98 Å². The van der Waals surface area contributed by atoms with Crippen LogP contribution in [0.2, 0.25) is 0 Å². The number of likely N-dealkylation sites (tertiary alicyclic amines) is 1. The lowest BCUT2D eigenvalue weighted by Gasteiger charge is -2.27. The van der Waals surface area contributed by atoms with Crippen molar-refractivity contribution in [1.82, 2.24) is 14.8 Å². The minimum absolute atomic E-state index is 0.0823. The lowest BCUT2D eigenvalue weighted by molar-refractivity contribution is -0.127. The molecule has 0 aromatic carbocycles. The van der Waals surface area contributed by atoms with Crippen molar-refractivity contribution >= 4 is 17.2 Å². The van der Waals surface area contributed by atoms with Crippen molar-refractivity contribution in [2.75, 3.05) is 27.2 Å². The molecule has 1 amide bonds. The highest BCUT2D eigenvalue weighted by Gasteiger charge is 2.21. The molecule has 21 heavy (non-hydrogen) atoms. The van der Waals surface area contributed by atoms with Crippen LogP contribution in [-0.4, -0.2) is 59.1 Å². The molecular weight excluding hydrogens is 286 g/mol. The zero-order valence-electron chi connectivity index (χ0n) is 12.9. The Bertz CT molecular complexity index is 462. The van der Waals surface area contributed by atoms with Crippen LogP contribution in [-0.2, 0) is 17.8 Å². The zero-order chi connectivity index (χ0) is 15.2. The molecule has 0 spiro atoms. The van der Waals surface area contributed by atoms with E-state index in [0.29, 0.717) is 6.42 Å². The second-order valence-corrected chi connectivity index (χ2v) is 6.80. The molecule has 1 fully saturated rings. The topological polar surface area (TPSA) is 56.7 Å². The molecule has 0 aliphatic carbocycles. The van der Waals surface area contributed by atoms with Crippen molar-refractivity contribution in [3.8, 4) is 0 Å². The minimum Gasteiger partial charge on any atom is -0.395 e. The van der Waals surface area contributed by atoms with E-state index < -0.39 is 0 Å². The van der Waals surface area contributed by atoms with Crippen molar-refractivity contribution in [3.05, 3.63) is 16.1 Å². The predicted molar refractivity (Wildman–Crippen MR) is 84.3 cm³/mol. The van der Waals surface area contributed by atoms with Crippen molar-refractivity contribution in [3.63, 3.8) is 0 Å². The van der Waals surface area contributed by atoms with Gasteiger partial charge in [0.15, 0.2) is 0 Å². The maximum atomic E-state index is 11.7. The zero-order valence-corrected chi connectivity index (χ0v) is 13.7. The highest BCUT2D eigenvalue weighted by Crippen LogP contribution is 2.20. The van der Waals surface area contributed by atoms with Gasteiger partial charge in [-0.05, 0) is 19.4 Å². The number of hydrogen-bond acceptors (Lipinski definition) is 5. The average Bonchev–Trinajstić information content (AvgIpc) is 2.76. The second-order valence-electron chi connectivity index (χ2n) is 5.85. The molecule has 1 N–H and O–H groups in total. The highest BCUT2D eigenvalue weighted by atomic mass is 32.1. The standard InChI is InChI=1S/C15H25N3O2S/c1-17(2)15(20)8-14-16-12(11-21-14)9-18-7-5-3-4-6-13(18)10-19/h11,13,19H,3-10H2,1-2H3. The van der Waals surface area contributed by atoms with E-state index in [1.54, 1.807) is 30.3 Å². The van der Waals surface area contributed by atoms with Gasteiger partial charge in [0.05, 0.1) is 18.7 Å². The molecule has 1 aromatic rings. The average molecular weight is 311 g/mol. The van der Waals surface area contributed by atoms with Crippen LogP contribution in [0.3, 0.4) is 0 Å². The molecular formula is C15H25N3O2S. The number of nitrogens with zero attached hydrogens (tertiary/aromatic N) is 3. The first-order valence-corrected chi connectivity index (χ1v) is 8.46. The summed E-state index contributed by atoms with van der Waals surface area (Å²) in [7, 11) is 3.53. The van der Waals surface area contributed by atoms with Crippen LogP contribution in [0.15, 0.2) is 5.38 Å². The van der Waals surface area contributed by atoms with Crippen molar-refractivity contribution in [1.29, 1.82) is 0 Å². The summed E-state index contributed by atoms with van der Waals surface area (Å²) in [6.45, 7) is 2.02. The molecule has 2 heterocycles. The van der Waals surface area contributed by atoms with Crippen LogP contribution in [0.25, 0.3) is 0 Å². The number of rotatable bonds is 5. The number of carbonyl (C=O) groups is 1. The van der Waals surface area contributed by atoms with Gasteiger partial charge < -0.3 is 10.0 Å². The van der Waals surface area contributed by atoms with E-state index in [2.05, 4.69) is 9.88 Å². The maximum Gasteiger partial charge on any atom is 0.228 e. The van der Waals surface area contributed by atoms with Gasteiger partial charge in [0.25, 0.3) is 0 Å². The van der Waals surface area contributed by atoms with Crippen LogP contribution >= 0.6 is 11.3 Å². The molecule has 1 aromatic heterocycles. The Labute approximate surface area is 130 Å². The van der Waals surface area contributed by atoms with E-state index in [1.165, 1.54) is 19.3 Å². The predicted octanol–water partition coefficient (Wildman–Crippen LogP) is 1.51. The maximum absolute atomic E-state index is 11.7. The lowest BCUT2D eigenvalue weighted by Crippen LogP contribution is -2.37. The van der Waals surface area contributed by atoms with Crippen molar-refractivity contribution in [2.24, 2.45) is 0 Å². The summed E-state index contributed by atoms with van der Waals surface area (Å²) < 4.78 is 0. The third-order valence-corrected chi connectivity index (χ3v) is 4.87. The lowest BCUT2D eigenvalue weighted by atomic mass is 10.1. The Balaban J connectivity index is 1.95. The Morgan fingerprint density at radius 1 is 1.48 bits per heavy atom. The van der Waals surface area contributed by atoms with Crippen molar-refractivity contribution < 1.29 is 9.90 Å². The van der Waals surface area contributed by atoms with Gasteiger partial charge in [0.1, 0.15) is 5.01 Å². The summed E-state index contributed by atoms with van der Waals surface area (Å²) in [4.78, 5) is 20.2. The molecule has 1 atom stereocenters. The van der Waals surface area contributed by atoms with Gasteiger partial charge in [-0.3, -0.25) is 9.69 Å². The number of carbonyl (C=O) groups excluding carboxylic acids is 1. The van der Waals surface area contributed by atoms with Gasteiger partial charge in [-0.2, -0.15) is 0 Å². The van der Waals surface area contributed by atoms with Crippen LogP contribution in [0, 0.1) is 0 Å². The SMILES string of the molecule is CN(C)C(=O)Cc1nc(CN2CCCCCC2CO)cs1. The van der Waals surface area contributed by atoms with Gasteiger partial charge in [-0.1, -0.05) is 12.8 Å². The molecule has 1 saturated heterocycles. The number of aliphatic hydroxyl groups is 1. The monoisotopic (exact) mass is 311 g/mol. The van der Waals surface area contributed by atoms with Gasteiger partial charge in [-0.15, -0.1) is 11.3 Å². The quantitative estimate of drug-likeness (QED) is 0.895. The number of likely N-dealkylation sites (N-methyl/N-ethyl adjacent to an activating group) is 1. The first-order valence-electron chi connectivity index (χ1n) is 7.58. The molecule has 0 bridgehead atoms. The molecule has 6 heteroatoms. The minimum atomic E-state index is 0.0823. The Hall–Kier alpha value is -0.980. The smallest absolute Gasteiger partial charge is 0.228 e. The molecule has 1 unspecified atom stereocenters. The summed E-state index contributed by atoms with van der Waals surface area (Å²) in [5.74, 6) is 0.0823. The Morgan fingerprint density at radius 2 is 2.29 bits per heavy atom. The van der Waals surface area contributed by atoms with E-state index in [1.807, 2.05) is 5.38 Å². The first-order chi connectivity index (χ1) is 10.1. The normalized spacial score (nSPS) is 20.2. The van der Waals surface area contributed by atoms with Crippen molar-refractivity contribution in [2.45, 2.75) is 44.7 Å². The summed E-state index contributed by atoms with van der Waals surface area (Å²) in [6, 6.07) is 0.251. The number of aliphatic hydroxyl groups excluding tert-OH is 1. The van der Waals surface area contributed by atoms with E-state index in [4.69, 9.17) is 0 Å². The number of amides is 1. The molecule has 0 saturated carbocycles. The summed E-state index contributed by atoms with van der Waals surface area (Å²) in [6.07, 6.45) is 5.06. The fourth-order valence-corrected chi connectivity index (χ4v) is 3.43. The summed E-state index contributed by atoms with van der Waals surface area (Å²) >= 11 is 1.55. The largest absolute Gasteiger partial charge is 0.395 e. The highest BCUT2D eigenvalue weighted by molar-refractivity contribution is 7.09. The first kappa shape index (κ1) is 16.4. The van der Waals surface area contributed by atoms with Crippen LogP contribution in [0.1, 0.15) is 36.4 Å². The third kappa shape index (κ3) is 4.76. The third-order valence-electron chi connectivity index (χ3n) is 3.98. The van der Waals surface area contributed by atoms with Gasteiger partial charge in [0.2, 0.25) is 5.91 Å². The van der Waals surface area contributed by atoms with Crippen LogP contribution in [0.4, 0.5) is 0 Å². The number of hydrogen-bond donors (Lipinski definition) is 1. The van der Waals surface area contributed by atoms with Crippen LogP contribution in [0.5, 0.6) is 0 Å². The van der Waals surface area contributed by atoms with Crippen LogP contribution < -0.4 is 0 Å². The number of aromatic nitrogens is 1. The van der Waals surface area contributed by atoms with E-state index in [9.17, 15) is 9.90 Å². The van der Waals surface area contributed by atoms with E-state index >= 15 is 0 Å². The molecule has 2 rings (SSSR count). The molecule has 0 radical (unpaired) electrons. The Morgan fingerprint density at radius 3 is 3.00 bits per heavy atom. The summed E-state index contributed by atoms with van der Waals surface area (Å²) in [5, 5.41) is 12.5. The molecule has 118 valence electrons. The molecule has 5 nitrogen and oxygen atoms in total. The second kappa shape index (κ2) is 7.87. The molecule has 1 aliphatic heterocycles. The van der Waals surface area contributed by atoms with E-state index in [0.717, 1.165) is 30.2 Å². The number of thiazole rings is 1. The summed E-state index contributed by atoms with van der Waals surface area (Å²) in [5.41, 5.74) is 1.02. The fourth-order valence-electron chi connectivity index (χ4n) is 2.65. The van der Waals surface area contributed by atoms with Gasteiger partial charge >= 0.3 is 0 Å².